The van der Waals surface area contributed by atoms with Crippen LogP contribution in [0.5, 0.6) is 0 Å². The maximum atomic E-state index is 13.6. The lowest BCUT2D eigenvalue weighted by atomic mass is 9.34. The van der Waals surface area contributed by atoms with Gasteiger partial charge in [0.05, 0.1) is 37.9 Å². The number of rotatable bonds is 11. The van der Waals surface area contributed by atoms with Gasteiger partial charge in [-0.15, -0.1) is 0 Å². The molecule has 4 aliphatic carbocycles. The highest BCUT2D eigenvalue weighted by Crippen LogP contribution is 2.75. The molecule has 6 rings (SSSR count). The highest BCUT2D eigenvalue weighted by Gasteiger charge is 2.72. The van der Waals surface area contributed by atoms with Gasteiger partial charge in [-0.3, -0.25) is 9.59 Å². The van der Waals surface area contributed by atoms with Crippen LogP contribution >= 0.6 is 0 Å². The molecule has 1 amide bonds. The summed E-state index contributed by atoms with van der Waals surface area (Å²) in [5.74, 6) is 0.681. The fourth-order valence-corrected chi connectivity index (χ4v) is 13.1. The fraction of sp³-hybridized carbons (Fsp3) is 0.860. The number of amides is 1. The molecule has 1 saturated heterocycles. The Balaban J connectivity index is 1.48. The molecule has 1 aliphatic heterocycles. The predicted octanol–water partition coefficient (Wildman–Crippen LogP) is 7.52. The van der Waals surface area contributed by atoms with Gasteiger partial charge >= 0.3 is 5.97 Å². The van der Waals surface area contributed by atoms with E-state index in [1.165, 1.54) is 11.9 Å². The molecule has 1 aromatic rings. The number of carbonyl (C=O) groups excluding carboxylic acids is 1. The van der Waals surface area contributed by atoms with Crippen molar-refractivity contribution in [2.45, 2.75) is 132 Å². The molecule has 0 spiro atoms. The first-order valence-corrected chi connectivity index (χ1v) is 20.7. The first kappa shape index (κ1) is 40.4. The molecule has 5 aliphatic rings. The lowest BCUT2D eigenvalue weighted by Gasteiger charge is -2.71. The van der Waals surface area contributed by atoms with Crippen LogP contribution in [0, 0.1) is 62.6 Å². The third-order valence-corrected chi connectivity index (χ3v) is 17.0. The number of carboxylic acids is 1. The normalized spacial score (nSPS) is 41.1. The van der Waals surface area contributed by atoms with E-state index in [9.17, 15) is 14.7 Å². The number of nitrogens with zero attached hydrogens (tertiary/aromatic N) is 4. The van der Waals surface area contributed by atoms with Gasteiger partial charge in [-0.2, -0.15) is 5.10 Å². The Kier molecular flexibility index (Phi) is 10.4. The average Bonchev–Trinajstić information content (AvgIpc) is 3.57. The number of carbonyl (C=O) groups is 2. The molecule has 2 N–H and O–H groups in total. The van der Waals surface area contributed by atoms with Crippen LogP contribution in [0.3, 0.4) is 0 Å². The molecule has 10 nitrogen and oxygen atoms in total. The summed E-state index contributed by atoms with van der Waals surface area (Å²) in [6.07, 6.45) is 9.21. The van der Waals surface area contributed by atoms with E-state index in [0.717, 1.165) is 45.1 Å². The molecule has 298 valence electrons. The van der Waals surface area contributed by atoms with Crippen molar-refractivity contribution in [2.24, 2.45) is 62.6 Å². The third-order valence-electron chi connectivity index (χ3n) is 17.0. The van der Waals surface area contributed by atoms with Gasteiger partial charge in [0.1, 0.15) is 6.33 Å². The van der Waals surface area contributed by atoms with Crippen LogP contribution in [-0.2, 0) is 14.3 Å². The molecule has 0 aromatic carbocycles. The van der Waals surface area contributed by atoms with E-state index in [-0.39, 0.29) is 51.2 Å². The number of hydrogen-bond acceptors (Lipinski definition) is 7. The molecule has 12 atom stereocenters. The van der Waals surface area contributed by atoms with E-state index < -0.39 is 17.3 Å². The van der Waals surface area contributed by atoms with E-state index in [1.807, 2.05) is 4.68 Å². The molecule has 3 saturated carbocycles. The summed E-state index contributed by atoms with van der Waals surface area (Å²) in [6, 6.07) is -0.242. The summed E-state index contributed by atoms with van der Waals surface area (Å²) in [5.41, 5.74) is -0.286. The van der Waals surface area contributed by atoms with Crippen molar-refractivity contribution < 1.29 is 24.2 Å². The molecule has 53 heavy (non-hydrogen) atoms. The zero-order chi connectivity index (χ0) is 39.1. The first-order chi connectivity index (χ1) is 24.7. The van der Waals surface area contributed by atoms with E-state index in [4.69, 9.17) is 14.6 Å². The van der Waals surface area contributed by atoms with Crippen LogP contribution in [0.15, 0.2) is 18.0 Å². The van der Waals surface area contributed by atoms with E-state index >= 15 is 0 Å². The summed E-state index contributed by atoms with van der Waals surface area (Å²) in [4.78, 5) is 33.3. The van der Waals surface area contributed by atoms with Gasteiger partial charge in [-0.1, -0.05) is 80.9 Å². The molecule has 2 bridgehead atoms. The summed E-state index contributed by atoms with van der Waals surface area (Å²) in [5, 5.41) is 19.7. The highest BCUT2D eigenvalue weighted by molar-refractivity contribution is 5.90. The Morgan fingerprint density at radius 3 is 2.40 bits per heavy atom. The second kappa shape index (κ2) is 13.7. The number of nitrogens with one attached hydrogen (secondary N) is 1. The van der Waals surface area contributed by atoms with Crippen molar-refractivity contribution in [2.75, 3.05) is 40.5 Å². The van der Waals surface area contributed by atoms with Gasteiger partial charge in [0.25, 0.3) is 5.91 Å². The quantitative estimate of drug-likeness (QED) is 0.224. The van der Waals surface area contributed by atoms with Gasteiger partial charge in [0.15, 0.2) is 0 Å². The Labute approximate surface area is 319 Å². The molecule has 1 unspecified atom stereocenters. The van der Waals surface area contributed by atoms with Crippen molar-refractivity contribution >= 4 is 11.9 Å². The second-order valence-corrected chi connectivity index (χ2v) is 20.2. The molecule has 0 radical (unpaired) electrons. The van der Waals surface area contributed by atoms with Crippen LogP contribution in [0.1, 0.15) is 131 Å². The van der Waals surface area contributed by atoms with Crippen molar-refractivity contribution in [1.29, 1.82) is 0 Å². The minimum atomic E-state index is -0.640. The summed E-state index contributed by atoms with van der Waals surface area (Å²) < 4.78 is 15.9. The zero-order valence-electron chi connectivity index (χ0n) is 35.2. The number of aliphatic carboxylic acids is 1. The number of ether oxygens (including phenoxy) is 2. The molecular weight excluding hydrogens is 667 g/mol. The molecule has 1 aromatic heterocycles. The topological polar surface area (TPSA) is 119 Å². The van der Waals surface area contributed by atoms with Gasteiger partial charge < -0.3 is 24.8 Å². The summed E-state index contributed by atoms with van der Waals surface area (Å²) in [6.45, 7) is 27.6. The zero-order valence-corrected chi connectivity index (χ0v) is 35.2. The Bertz CT molecular complexity index is 1590. The minimum absolute atomic E-state index is 0.172. The first-order valence-electron chi connectivity index (χ1n) is 20.7. The average molecular weight is 738 g/mol. The lowest BCUT2D eigenvalue weighted by Crippen LogP contribution is -2.69. The van der Waals surface area contributed by atoms with Crippen LogP contribution < -0.4 is 5.32 Å². The Hall–Kier alpha value is -2.30. The molecule has 10 heteroatoms. The largest absolute Gasteiger partial charge is 0.481 e. The monoisotopic (exact) mass is 738 g/mol. The lowest BCUT2D eigenvalue weighted by molar-refractivity contribution is -0.253. The molecule has 2 heterocycles. The predicted molar refractivity (Wildman–Crippen MR) is 207 cm³/mol. The number of likely N-dealkylation sites (N-methyl/N-ethyl adjacent to an activating group) is 1. The molecular formula is C43H71N5O5. The number of allylic oxidation sites excluding steroid dienone is 1. The Morgan fingerprint density at radius 2 is 1.79 bits per heavy atom. The fourth-order valence-electron chi connectivity index (χ4n) is 13.1. The number of hydrogen-bond donors (Lipinski definition) is 2. The van der Waals surface area contributed by atoms with Gasteiger partial charge in [-0.05, 0) is 97.8 Å². The van der Waals surface area contributed by atoms with Crippen LogP contribution in [0.25, 0.3) is 0 Å². The van der Waals surface area contributed by atoms with Crippen molar-refractivity contribution in [3.05, 3.63) is 23.8 Å². The maximum Gasteiger partial charge on any atom is 0.307 e. The number of fused-ring (bicyclic) bond motifs is 3. The van der Waals surface area contributed by atoms with E-state index in [2.05, 4.69) is 92.5 Å². The van der Waals surface area contributed by atoms with Gasteiger partial charge in [-0.25, -0.2) is 9.67 Å². The molecule has 4 fully saturated rings. The Morgan fingerprint density at radius 1 is 1.09 bits per heavy atom. The van der Waals surface area contributed by atoms with Crippen LogP contribution in [-0.4, -0.2) is 88.8 Å². The second-order valence-electron chi connectivity index (χ2n) is 20.2. The SMILES string of the molecule is CCN[C@@](C)(CO[C@H]1[C@H](n2ncnc2C(=O)N(C)C)CC23COC[C@@]1(C)[C@@H]2CC[C@H]1C3=CC[C@@]2(C)[C@H](C(=O)O)[C@@](C)([C@H](C)C(C)C)CC[C@]12C)C(C)C. The van der Waals surface area contributed by atoms with Crippen molar-refractivity contribution in [3.8, 4) is 0 Å². The number of aromatic nitrogens is 3. The van der Waals surface area contributed by atoms with Crippen LogP contribution in [0.4, 0.5) is 0 Å². The third kappa shape index (κ3) is 5.79. The summed E-state index contributed by atoms with van der Waals surface area (Å²) >= 11 is 0. The van der Waals surface area contributed by atoms with Crippen molar-refractivity contribution in [1.82, 2.24) is 25.0 Å². The number of carboxylic acid groups (broad SMARTS) is 1. The highest BCUT2D eigenvalue weighted by atomic mass is 16.5. The van der Waals surface area contributed by atoms with Gasteiger partial charge in [0, 0.05) is 30.5 Å². The minimum Gasteiger partial charge on any atom is -0.481 e. The van der Waals surface area contributed by atoms with E-state index in [0.29, 0.717) is 49.3 Å². The van der Waals surface area contributed by atoms with Crippen molar-refractivity contribution in [3.63, 3.8) is 0 Å². The maximum absolute atomic E-state index is 13.6. The van der Waals surface area contributed by atoms with Gasteiger partial charge in [0.2, 0.25) is 5.82 Å². The standard InChI is InChI=1S/C43H71N5O5/c1-14-45-42(11,27(4)5)23-53-34-31(48-35(44-25-46-48)36(49)47(12)13)21-43-24-52-22-39(34,8)32(43)16-15-29-30(43)17-18-41(10)33(37(50)51)38(7,28(6)26(2)3)19-20-40(29,41)9/h17,25-29,31-34,45H,14-16,18-24H2,1-13H3,(H,50,51)/t28-,29+,31-,32+,33-,34+,38-,39+,40-,41+,42+,43?/m1/s1. The smallest absolute Gasteiger partial charge is 0.307 e. The summed E-state index contributed by atoms with van der Waals surface area (Å²) in [7, 11) is 3.52. The van der Waals surface area contributed by atoms with Crippen LogP contribution in [0.2, 0.25) is 0 Å². The van der Waals surface area contributed by atoms with E-state index in [1.54, 1.807) is 19.0 Å².